The lowest BCUT2D eigenvalue weighted by Gasteiger charge is -2.18. The van der Waals surface area contributed by atoms with Gasteiger partial charge in [0.1, 0.15) is 0 Å². The van der Waals surface area contributed by atoms with Gasteiger partial charge in [0.2, 0.25) is 5.91 Å². The molecule has 0 radical (unpaired) electrons. The van der Waals surface area contributed by atoms with Gasteiger partial charge in [-0.15, -0.1) is 24.8 Å². The van der Waals surface area contributed by atoms with Gasteiger partial charge >= 0.3 is 0 Å². The summed E-state index contributed by atoms with van der Waals surface area (Å²) in [5, 5.41) is 7.60. The summed E-state index contributed by atoms with van der Waals surface area (Å²) in [6.07, 6.45) is 3.79. The highest BCUT2D eigenvalue weighted by Crippen LogP contribution is 2.27. The van der Waals surface area contributed by atoms with E-state index in [1.807, 2.05) is 37.6 Å². The van der Waals surface area contributed by atoms with Gasteiger partial charge in [-0.3, -0.25) is 4.79 Å². The Morgan fingerprint density at radius 3 is 2.44 bits per heavy atom. The third-order valence-corrected chi connectivity index (χ3v) is 5.19. The first kappa shape index (κ1) is 23.5. The van der Waals surface area contributed by atoms with Crippen molar-refractivity contribution in [3.8, 4) is 5.69 Å². The van der Waals surface area contributed by atoms with Gasteiger partial charge in [-0.2, -0.15) is 5.10 Å². The molecule has 0 spiro atoms. The molecule has 5 nitrogen and oxygen atoms in total. The number of benzene rings is 1. The summed E-state index contributed by atoms with van der Waals surface area (Å²) in [5.41, 5.74) is 10.3. The second kappa shape index (κ2) is 10.1. The predicted molar refractivity (Wildman–Crippen MR) is 114 cm³/mol. The smallest absolute Gasteiger partial charge is 0.220 e. The minimum absolute atomic E-state index is 0. The Balaban J connectivity index is 0.00000182. The molecule has 3 rings (SSSR count). The number of nitrogens with one attached hydrogen (secondary N) is 1. The maximum absolute atomic E-state index is 12.3. The van der Waals surface area contributed by atoms with E-state index in [2.05, 4.69) is 28.6 Å². The van der Waals surface area contributed by atoms with Gasteiger partial charge in [-0.1, -0.05) is 18.6 Å². The molecular weight excluding hydrogens is 383 g/mol. The van der Waals surface area contributed by atoms with Crippen LogP contribution in [0.15, 0.2) is 30.3 Å². The molecule has 1 aromatic carbocycles. The number of amides is 1. The summed E-state index contributed by atoms with van der Waals surface area (Å²) in [6, 6.07) is 10.4. The van der Waals surface area contributed by atoms with E-state index in [0.717, 1.165) is 41.9 Å². The fraction of sp³-hybridized carbons (Fsp3) is 0.500. The van der Waals surface area contributed by atoms with Crippen molar-refractivity contribution < 1.29 is 4.79 Å². The van der Waals surface area contributed by atoms with E-state index in [1.54, 1.807) is 0 Å². The second-order valence-electron chi connectivity index (χ2n) is 7.28. The zero-order valence-corrected chi connectivity index (χ0v) is 17.8. The van der Waals surface area contributed by atoms with Crippen LogP contribution in [0.2, 0.25) is 0 Å². The van der Waals surface area contributed by atoms with E-state index in [4.69, 9.17) is 5.73 Å². The first-order chi connectivity index (χ1) is 11.9. The van der Waals surface area contributed by atoms with Gasteiger partial charge in [0.15, 0.2) is 0 Å². The zero-order valence-electron chi connectivity index (χ0n) is 16.1. The van der Waals surface area contributed by atoms with Crippen LogP contribution in [0.5, 0.6) is 0 Å². The van der Waals surface area contributed by atoms with Crippen LogP contribution in [0, 0.1) is 19.8 Å². The van der Waals surface area contributed by atoms with Crippen LogP contribution >= 0.6 is 24.8 Å². The number of carbonyl (C=O) groups excluding carboxylic acids is 1. The topological polar surface area (TPSA) is 72.9 Å². The number of aromatic nitrogens is 2. The number of nitrogens with two attached hydrogens (primary N) is 1. The molecule has 1 aliphatic carbocycles. The van der Waals surface area contributed by atoms with E-state index in [1.165, 1.54) is 0 Å². The molecule has 150 valence electrons. The first-order valence-electron chi connectivity index (χ1n) is 9.12. The van der Waals surface area contributed by atoms with Gasteiger partial charge in [-0.05, 0) is 63.3 Å². The molecule has 1 unspecified atom stereocenters. The molecule has 1 amide bonds. The average Bonchev–Trinajstić information content (AvgIpc) is 3.12. The van der Waals surface area contributed by atoms with E-state index >= 15 is 0 Å². The van der Waals surface area contributed by atoms with Crippen LogP contribution in [0.4, 0.5) is 0 Å². The minimum atomic E-state index is -0.0142. The normalized spacial score (nSPS) is 19.7. The highest BCUT2D eigenvalue weighted by Gasteiger charge is 2.26. The molecule has 0 saturated heterocycles. The highest BCUT2D eigenvalue weighted by atomic mass is 35.5. The molecule has 3 N–H and O–H groups in total. The SMILES string of the molecule is Cc1cc(C)n(-c2ccc(C(C)NC(=O)C[C@@H]3CCC[C@H]3N)cc2)n1.Cl.Cl. The van der Waals surface area contributed by atoms with Crippen LogP contribution in [0.3, 0.4) is 0 Å². The van der Waals surface area contributed by atoms with Crippen LogP contribution in [-0.4, -0.2) is 21.7 Å². The largest absolute Gasteiger partial charge is 0.350 e. The van der Waals surface area contributed by atoms with Crippen molar-refractivity contribution in [3.05, 3.63) is 47.3 Å². The number of carbonyl (C=O) groups is 1. The number of hydrogen-bond acceptors (Lipinski definition) is 3. The Bertz CT molecular complexity index is 745. The van der Waals surface area contributed by atoms with Gasteiger partial charge in [0, 0.05) is 18.2 Å². The molecule has 3 atom stereocenters. The van der Waals surface area contributed by atoms with Crippen molar-refractivity contribution in [1.29, 1.82) is 0 Å². The molecule has 1 fully saturated rings. The fourth-order valence-electron chi connectivity index (χ4n) is 3.74. The first-order valence-corrected chi connectivity index (χ1v) is 9.12. The van der Waals surface area contributed by atoms with E-state index in [-0.39, 0.29) is 42.8 Å². The van der Waals surface area contributed by atoms with Crippen molar-refractivity contribution in [2.75, 3.05) is 0 Å². The number of halogens is 2. The summed E-state index contributed by atoms with van der Waals surface area (Å²) >= 11 is 0. The Hall–Kier alpha value is -1.56. The lowest BCUT2D eigenvalue weighted by Crippen LogP contribution is -2.32. The Labute approximate surface area is 173 Å². The summed E-state index contributed by atoms with van der Waals surface area (Å²) in [6.45, 7) is 6.06. The van der Waals surface area contributed by atoms with Crippen molar-refractivity contribution in [3.63, 3.8) is 0 Å². The summed E-state index contributed by atoms with van der Waals surface area (Å²) in [5.74, 6) is 0.429. The van der Waals surface area contributed by atoms with Gasteiger partial charge in [-0.25, -0.2) is 4.68 Å². The second-order valence-corrected chi connectivity index (χ2v) is 7.28. The summed E-state index contributed by atoms with van der Waals surface area (Å²) in [7, 11) is 0. The molecule has 1 heterocycles. The van der Waals surface area contributed by atoms with Crippen LogP contribution in [0.25, 0.3) is 5.69 Å². The molecule has 0 bridgehead atoms. The van der Waals surface area contributed by atoms with Crippen molar-refractivity contribution in [1.82, 2.24) is 15.1 Å². The molecule has 7 heteroatoms. The van der Waals surface area contributed by atoms with Crippen molar-refractivity contribution in [2.24, 2.45) is 11.7 Å². The Morgan fingerprint density at radius 2 is 1.93 bits per heavy atom. The Kier molecular flexibility index (Phi) is 8.79. The summed E-state index contributed by atoms with van der Waals surface area (Å²) in [4.78, 5) is 12.3. The van der Waals surface area contributed by atoms with Gasteiger partial charge in [0.25, 0.3) is 0 Å². The summed E-state index contributed by atoms with van der Waals surface area (Å²) < 4.78 is 1.93. The Morgan fingerprint density at radius 1 is 1.26 bits per heavy atom. The third-order valence-electron chi connectivity index (χ3n) is 5.19. The van der Waals surface area contributed by atoms with Crippen molar-refractivity contribution in [2.45, 2.75) is 58.5 Å². The standard InChI is InChI=1S/C20H28N4O.2ClH/c1-13-11-14(2)24(23-13)18-9-7-16(8-10-18)15(3)22-20(25)12-17-5-4-6-19(17)21;;/h7-11,15,17,19H,4-6,12,21H2,1-3H3,(H,22,25);2*1H/t15?,17-,19+;;/m0../s1. The molecule has 27 heavy (non-hydrogen) atoms. The fourth-order valence-corrected chi connectivity index (χ4v) is 3.74. The maximum atomic E-state index is 12.3. The lowest BCUT2D eigenvalue weighted by molar-refractivity contribution is -0.122. The zero-order chi connectivity index (χ0) is 18.0. The van der Waals surface area contributed by atoms with E-state index in [0.29, 0.717) is 12.3 Å². The van der Waals surface area contributed by atoms with Gasteiger partial charge < -0.3 is 11.1 Å². The monoisotopic (exact) mass is 412 g/mol. The van der Waals surface area contributed by atoms with Gasteiger partial charge in [0.05, 0.1) is 17.4 Å². The quantitative estimate of drug-likeness (QED) is 0.778. The number of nitrogens with zero attached hydrogens (tertiary/aromatic N) is 2. The van der Waals surface area contributed by atoms with E-state index in [9.17, 15) is 4.79 Å². The number of aryl methyl sites for hydroxylation is 2. The van der Waals surface area contributed by atoms with Crippen LogP contribution < -0.4 is 11.1 Å². The predicted octanol–water partition coefficient (Wildman–Crippen LogP) is 4.03. The number of hydrogen-bond donors (Lipinski definition) is 2. The molecule has 1 aliphatic rings. The lowest BCUT2D eigenvalue weighted by atomic mass is 9.99. The van der Waals surface area contributed by atoms with Crippen LogP contribution in [0.1, 0.15) is 55.6 Å². The highest BCUT2D eigenvalue weighted by molar-refractivity contribution is 5.85. The van der Waals surface area contributed by atoms with E-state index < -0.39 is 0 Å². The molecule has 2 aromatic rings. The number of rotatable bonds is 5. The molecule has 1 aromatic heterocycles. The maximum Gasteiger partial charge on any atom is 0.220 e. The third kappa shape index (κ3) is 5.71. The molecule has 1 saturated carbocycles. The molecular formula is C20H30Cl2N4O. The molecule has 0 aliphatic heterocycles. The van der Waals surface area contributed by atoms with Crippen molar-refractivity contribution >= 4 is 30.7 Å². The minimum Gasteiger partial charge on any atom is -0.350 e. The van der Waals surface area contributed by atoms with Crippen LogP contribution in [-0.2, 0) is 4.79 Å². The average molecular weight is 413 g/mol.